The van der Waals surface area contributed by atoms with Gasteiger partial charge in [-0.2, -0.15) is 0 Å². The van der Waals surface area contributed by atoms with Crippen molar-refractivity contribution in [1.82, 2.24) is 4.90 Å². The Kier molecular flexibility index (Phi) is 4.13. The van der Waals surface area contributed by atoms with Crippen molar-refractivity contribution in [3.05, 3.63) is 71.8 Å². The fourth-order valence-electron chi connectivity index (χ4n) is 1.84. The van der Waals surface area contributed by atoms with Gasteiger partial charge in [0.25, 0.3) is 0 Å². The molecular formula is C16H18N2. The van der Waals surface area contributed by atoms with Crippen molar-refractivity contribution in [2.45, 2.75) is 6.04 Å². The second-order valence-corrected chi connectivity index (χ2v) is 4.45. The van der Waals surface area contributed by atoms with Gasteiger partial charge in [-0.25, -0.2) is 0 Å². The number of nitrogens with zero attached hydrogens (tertiary/aromatic N) is 2. The number of benzene rings is 2. The summed E-state index contributed by atoms with van der Waals surface area (Å²) in [4.78, 5) is 6.62. The van der Waals surface area contributed by atoms with Crippen LogP contribution in [0.2, 0.25) is 0 Å². The zero-order valence-corrected chi connectivity index (χ0v) is 10.8. The van der Waals surface area contributed by atoms with E-state index in [-0.39, 0.29) is 6.04 Å². The van der Waals surface area contributed by atoms with Gasteiger partial charge < -0.3 is 4.90 Å². The smallest absolute Gasteiger partial charge is 0.102 e. The lowest BCUT2D eigenvalue weighted by atomic mass is 9.99. The summed E-state index contributed by atoms with van der Waals surface area (Å²) in [5, 5.41) is 0. The molecule has 0 aliphatic rings. The SMILES string of the molecule is CN(C)/C=N/C(c1ccccc1)c1ccccc1. The first-order valence-electron chi connectivity index (χ1n) is 6.07. The third-order valence-corrected chi connectivity index (χ3v) is 2.68. The van der Waals surface area contributed by atoms with Gasteiger partial charge in [-0.05, 0) is 11.1 Å². The molecule has 2 nitrogen and oxygen atoms in total. The van der Waals surface area contributed by atoms with Crippen LogP contribution in [0.25, 0.3) is 0 Å². The van der Waals surface area contributed by atoms with Crippen LogP contribution in [-0.2, 0) is 0 Å². The van der Waals surface area contributed by atoms with Crippen LogP contribution in [0.15, 0.2) is 65.7 Å². The van der Waals surface area contributed by atoms with Gasteiger partial charge in [0.05, 0.1) is 6.34 Å². The zero-order chi connectivity index (χ0) is 12.8. The standard InChI is InChI=1S/C16H18N2/c1-18(2)13-17-16(14-9-5-3-6-10-14)15-11-7-4-8-12-15/h3-13,16H,1-2H3/b17-13+. The molecule has 2 aromatic carbocycles. The Hall–Kier alpha value is -2.09. The second-order valence-electron chi connectivity index (χ2n) is 4.45. The van der Waals surface area contributed by atoms with Crippen LogP contribution >= 0.6 is 0 Å². The molecule has 0 aliphatic heterocycles. The molecule has 0 atom stereocenters. The van der Waals surface area contributed by atoms with Gasteiger partial charge in [-0.15, -0.1) is 0 Å². The van der Waals surface area contributed by atoms with Crippen molar-refractivity contribution in [3.63, 3.8) is 0 Å². The van der Waals surface area contributed by atoms with E-state index in [1.165, 1.54) is 11.1 Å². The molecule has 0 N–H and O–H groups in total. The Morgan fingerprint density at radius 1 is 0.833 bits per heavy atom. The first-order valence-corrected chi connectivity index (χ1v) is 6.07. The van der Waals surface area contributed by atoms with Gasteiger partial charge in [0.1, 0.15) is 6.04 Å². The Balaban J connectivity index is 2.35. The fourth-order valence-corrected chi connectivity index (χ4v) is 1.84. The number of rotatable bonds is 4. The Morgan fingerprint density at radius 2 is 1.28 bits per heavy atom. The predicted molar refractivity (Wildman–Crippen MR) is 76.9 cm³/mol. The van der Waals surface area contributed by atoms with E-state index in [4.69, 9.17) is 0 Å². The van der Waals surface area contributed by atoms with Crippen LogP contribution in [0.4, 0.5) is 0 Å². The van der Waals surface area contributed by atoms with Crippen LogP contribution in [0.5, 0.6) is 0 Å². The molecule has 0 heterocycles. The lowest BCUT2D eigenvalue weighted by molar-refractivity contribution is 0.633. The molecular weight excluding hydrogens is 220 g/mol. The molecule has 0 aromatic heterocycles. The van der Waals surface area contributed by atoms with Crippen molar-refractivity contribution < 1.29 is 0 Å². The largest absolute Gasteiger partial charge is 0.369 e. The molecule has 2 heteroatoms. The highest BCUT2D eigenvalue weighted by Gasteiger charge is 2.10. The monoisotopic (exact) mass is 238 g/mol. The molecule has 0 unspecified atom stereocenters. The minimum atomic E-state index is 0.0646. The molecule has 0 saturated carbocycles. The van der Waals surface area contributed by atoms with Crippen LogP contribution < -0.4 is 0 Å². The maximum atomic E-state index is 4.66. The Labute approximate surface area is 109 Å². The van der Waals surface area contributed by atoms with Crippen molar-refractivity contribution in [1.29, 1.82) is 0 Å². The summed E-state index contributed by atoms with van der Waals surface area (Å²) in [6.45, 7) is 0. The third kappa shape index (κ3) is 3.20. The highest BCUT2D eigenvalue weighted by molar-refractivity contribution is 5.55. The normalized spacial score (nSPS) is 11.1. The molecule has 0 radical (unpaired) electrons. The van der Waals surface area contributed by atoms with E-state index in [1.54, 1.807) is 0 Å². The van der Waals surface area contributed by atoms with E-state index in [1.807, 2.05) is 37.5 Å². The maximum absolute atomic E-state index is 4.66. The van der Waals surface area contributed by atoms with E-state index in [0.717, 1.165) is 0 Å². The first-order chi connectivity index (χ1) is 8.77. The highest BCUT2D eigenvalue weighted by atomic mass is 15.1. The molecule has 0 spiro atoms. The molecule has 0 bridgehead atoms. The minimum Gasteiger partial charge on any atom is -0.369 e. The summed E-state index contributed by atoms with van der Waals surface area (Å²) in [7, 11) is 3.97. The van der Waals surface area contributed by atoms with Gasteiger partial charge in [-0.3, -0.25) is 4.99 Å². The fraction of sp³-hybridized carbons (Fsp3) is 0.188. The third-order valence-electron chi connectivity index (χ3n) is 2.68. The van der Waals surface area contributed by atoms with E-state index in [9.17, 15) is 0 Å². The molecule has 0 saturated heterocycles. The molecule has 2 rings (SSSR count). The molecule has 18 heavy (non-hydrogen) atoms. The van der Waals surface area contributed by atoms with Gasteiger partial charge in [0.15, 0.2) is 0 Å². The Morgan fingerprint density at radius 3 is 1.67 bits per heavy atom. The van der Waals surface area contributed by atoms with E-state index >= 15 is 0 Å². The molecule has 2 aromatic rings. The summed E-state index contributed by atoms with van der Waals surface area (Å²) >= 11 is 0. The molecule has 0 aliphatic carbocycles. The van der Waals surface area contributed by atoms with Crippen LogP contribution in [0.3, 0.4) is 0 Å². The second kappa shape index (κ2) is 6.01. The molecule has 0 fully saturated rings. The van der Waals surface area contributed by atoms with Crippen molar-refractivity contribution >= 4 is 6.34 Å². The summed E-state index contributed by atoms with van der Waals surface area (Å²) < 4.78 is 0. The first kappa shape index (κ1) is 12.4. The molecule has 92 valence electrons. The zero-order valence-electron chi connectivity index (χ0n) is 10.8. The van der Waals surface area contributed by atoms with Gasteiger partial charge in [0.2, 0.25) is 0 Å². The number of hydrogen-bond acceptors (Lipinski definition) is 1. The van der Waals surface area contributed by atoms with E-state index < -0.39 is 0 Å². The topological polar surface area (TPSA) is 15.6 Å². The van der Waals surface area contributed by atoms with Crippen molar-refractivity contribution in [2.75, 3.05) is 14.1 Å². The summed E-state index contributed by atoms with van der Waals surface area (Å²) in [5.41, 5.74) is 2.42. The van der Waals surface area contributed by atoms with Crippen LogP contribution in [0.1, 0.15) is 17.2 Å². The summed E-state index contributed by atoms with van der Waals surface area (Å²) in [6, 6.07) is 20.8. The van der Waals surface area contributed by atoms with Crippen molar-refractivity contribution in [3.8, 4) is 0 Å². The maximum Gasteiger partial charge on any atom is 0.102 e. The summed E-state index contributed by atoms with van der Waals surface area (Å²) in [5.74, 6) is 0. The van der Waals surface area contributed by atoms with E-state index in [2.05, 4.69) is 53.5 Å². The van der Waals surface area contributed by atoms with Gasteiger partial charge in [-0.1, -0.05) is 60.7 Å². The van der Waals surface area contributed by atoms with Crippen LogP contribution in [-0.4, -0.2) is 25.3 Å². The summed E-state index contributed by atoms with van der Waals surface area (Å²) in [6.07, 6.45) is 1.87. The molecule has 0 amide bonds. The van der Waals surface area contributed by atoms with Crippen molar-refractivity contribution in [2.24, 2.45) is 4.99 Å². The average molecular weight is 238 g/mol. The predicted octanol–water partition coefficient (Wildman–Crippen LogP) is 3.37. The van der Waals surface area contributed by atoms with E-state index in [0.29, 0.717) is 0 Å². The van der Waals surface area contributed by atoms with Gasteiger partial charge in [0, 0.05) is 14.1 Å². The van der Waals surface area contributed by atoms with Crippen LogP contribution in [0, 0.1) is 0 Å². The minimum absolute atomic E-state index is 0.0646. The lowest BCUT2D eigenvalue weighted by Gasteiger charge is -2.14. The quantitative estimate of drug-likeness (QED) is 0.589. The highest BCUT2D eigenvalue weighted by Crippen LogP contribution is 2.25. The lowest BCUT2D eigenvalue weighted by Crippen LogP contribution is -2.10. The van der Waals surface area contributed by atoms with Gasteiger partial charge >= 0.3 is 0 Å². The number of hydrogen-bond donors (Lipinski definition) is 0. The Bertz CT molecular complexity index is 450. The number of aliphatic imine (C=N–C) groups is 1. The average Bonchev–Trinajstić information content (AvgIpc) is 2.41.